The number of benzene rings is 2. The third-order valence-electron chi connectivity index (χ3n) is 2.67. The molecule has 0 saturated carbocycles. The van der Waals surface area contributed by atoms with Crippen LogP contribution in [0, 0.1) is 6.92 Å². The largest absolute Gasteiger partial charge is 0.385 e. The Morgan fingerprint density at radius 3 is 2.53 bits per heavy atom. The maximum Gasteiger partial charge on any atom is 0.0342 e. The number of aryl methyl sites for hydroxylation is 1. The Hall–Kier alpha value is -1.28. The highest BCUT2D eigenvalue weighted by atomic mass is 79.9. The number of rotatable bonds is 4. The lowest BCUT2D eigenvalue weighted by Gasteiger charge is -2.07. The normalized spacial score (nSPS) is 10.2. The zero-order valence-corrected chi connectivity index (χ0v) is 11.5. The summed E-state index contributed by atoms with van der Waals surface area (Å²) < 4.78 is 1.13. The standard InChI is InChI=1S/C15H16BrN/c1-12-3-2-4-15(11-12)17-10-9-13-5-7-14(16)8-6-13/h2-8,11,17H,9-10H2,1H3. The Labute approximate surface area is 111 Å². The first-order chi connectivity index (χ1) is 8.24. The van der Waals surface area contributed by atoms with Gasteiger partial charge in [0.05, 0.1) is 0 Å². The van der Waals surface area contributed by atoms with Gasteiger partial charge in [-0.3, -0.25) is 0 Å². The third-order valence-corrected chi connectivity index (χ3v) is 3.20. The van der Waals surface area contributed by atoms with Crippen molar-refractivity contribution >= 4 is 21.6 Å². The number of hydrogen-bond acceptors (Lipinski definition) is 1. The quantitative estimate of drug-likeness (QED) is 0.879. The molecule has 0 aliphatic heterocycles. The molecule has 0 bridgehead atoms. The van der Waals surface area contributed by atoms with Crippen molar-refractivity contribution in [3.8, 4) is 0 Å². The van der Waals surface area contributed by atoms with Gasteiger partial charge in [0.2, 0.25) is 0 Å². The first kappa shape index (κ1) is 12.2. The van der Waals surface area contributed by atoms with Crippen LogP contribution in [0.5, 0.6) is 0 Å². The van der Waals surface area contributed by atoms with Crippen LogP contribution < -0.4 is 5.32 Å². The lowest BCUT2D eigenvalue weighted by molar-refractivity contribution is 1.02. The molecule has 2 aromatic rings. The summed E-state index contributed by atoms with van der Waals surface area (Å²) >= 11 is 3.44. The minimum atomic E-state index is 0.963. The first-order valence-corrected chi connectivity index (χ1v) is 6.58. The molecule has 0 saturated heterocycles. The summed E-state index contributed by atoms with van der Waals surface area (Å²) in [4.78, 5) is 0. The molecule has 0 atom stereocenters. The van der Waals surface area contributed by atoms with Crippen molar-refractivity contribution in [2.24, 2.45) is 0 Å². The minimum Gasteiger partial charge on any atom is -0.385 e. The fourth-order valence-electron chi connectivity index (χ4n) is 1.76. The van der Waals surface area contributed by atoms with E-state index in [1.54, 1.807) is 0 Å². The molecular weight excluding hydrogens is 274 g/mol. The zero-order chi connectivity index (χ0) is 12.1. The highest BCUT2D eigenvalue weighted by Gasteiger charge is 1.94. The molecule has 1 nitrogen and oxygen atoms in total. The van der Waals surface area contributed by atoms with Crippen LogP contribution in [0.15, 0.2) is 53.0 Å². The van der Waals surface area contributed by atoms with Crippen molar-refractivity contribution in [1.29, 1.82) is 0 Å². The van der Waals surface area contributed by atoms with E-state index in [1.165, 1.54) is 16.8 Å². The molecule has 2 heteroatoms. The number of nitrogens with one attached hydrogen (secondary N) is 1. The van der Waals surface area contributed by atoms with Gasteiger partial charge in [-0.2, -0.15) is 0 Å². The number of anilines is 1. The van der Waals surface area contributed by atoms with Crippen LogP contribution in [0.25, 0.3) is 0 Å². The van der Waals surface area contributed by atoms with Crippen molar-refractivity contribution in [2.45, 2.75) is 13.3 Å². The van der Waals surface area contributed by atoms with Crippen LogP contribution in [-0.2, 0) is 6.42 Å². The van der Waals surface area contributed by atoms with Crippen molar-refractivity contribution < 1.29 is 0 Å². The molecule has 17 heavy (non-hydrogen) atoms. The smallest absolute Gasteiger partial charge is 0.0342 e. The number of halogens is 1. The minimum absolute atomic E-state index is 0.963. The molecule has 0 aliphatic rings. The van der Waals surface area contributed by atoms with E-state index < -0.39 is 0 Å². The van der Waals surface area contributed by atoms with E-state index in [-0.39, 0.29) is 0 Å². The van der Waals surface area contributed by atoms with Crippen LogP contribution >= 0.6 is 15.9 Å². The van der Waals surface area contributed by atoms with Gasteiger partial charge in [-0.25, -0.2) is 0 Å². The Kier molecular flexibility index (Phi) is 4.21. The lowest BCUT2D eigenvalue weighted by atomic mass is 10.1. The van der Waals surface area contributed by atoms with Crippen LogP contribution in [0.3, 0.4) is 0 Å². The van der Waals surface area contributed by atoms with E-state index in [0.717, 1.165) is 17.4 Å². The second-order valence-electron chi connectivity index (χ2n) is 4.17. The molecule has 0 aromatic heterocycles. The molecule has 0 heterocycles. The second kappa shape index (κ2) is 5.87. The molecule has 0 aliphatic carbocycles. The van der Waals surface area contributed by atoms with E-state index in [1.807, 2.05) is 0 Å². The SMILES string of the molecule is Cc1cccc(NCCc2ccc(Br)cc2)c1. The molecule has 0 amide bonds. The molecule has 0 fully saturated rings. The molecule has 2 rings (SSSR count). The van der Waals surface area contributed by atoms with Gasteiger partial charge in [-0.1, -0.05) is 40.2 Å². The van der Waals surface area contributed by atoms with E-state index in [4.69, 9.17) is 0 Å². The maximum atomic E-state index is 3.44. The van der Waals surface area contributed by atoms with Crippen LogP contribution in [-0.4, -0.2) is 6.54 Å². The summed E-state index contributed by atoms with van der Waals surface area (Å²) in [6, 6.07) is 16.9. The summed E-state index contributed by atoms with van der Waals surface area (Å²) in [6.07, 6.45) is 1.04. The predicted molar refractivity (Wildman–Crippen MR) is 77.5 cm³/mol. The summed E-state index contributed by atoms with van der Waals surface area (Å²) in [5.41, 5.74) is 3.84. The summed E-state index contributed by atoms with van der Waals surface area (Å²) in [5, 5.41) is 3.44. The summed E-state index contributed by atoms with van der Waals surface area (Å²) in [6.45, 7) is 3.07. The highest BCUT2D eigenvalue weighted by Crippen LogP contribution is 2.12. The van der Waals surface area contributed by atoms with Crippen molar-refractivity contribution in [3.05, 3.63) is 64.1 Å². The average molecular weight is 290 g/mol. The van der Waals surface area contributed by atoms with Crippen LogP contribution in [0.2, 0.25) is 0 Å². The van der Waals surface area contributed by atoms with E-state index >= 15 is 0 Å². The van der Waals surface area contributed by atoms with E-state index in [0.29, 0.717) is 0 Å². The monoisotopic (exact) mass is 289 g/mol. The summed E-state index contributed by atoms with van der Waals surface area (Å²) in [7, 11) is 0. The average Bonchev–Trinajstić information content (AvgIpc) is 2.32. The van der Waals surface area contributed by atoms with Crippen molar-refractivity contribution in [1.82, 2.24) is 0 Å². The molecular formula is C15H16BrN. The van der Waals surface area contributed by atoms with Crippen LogP contribution in [0.4, 0.5) is 5.69 Å². The fraction of sp³-hybridized carbons (Fsp3) is 0.200. The Balaban J connectivity index is 1.85. The maximum absolute atomic E-state index is 3.44. The van der Waals surface area contributed by atoms with Gasteiger partial charge in [0.25, 0.3) is 0 Å². The first-order valence-electron chi connectivity index (χ1n) is 5.79. The van der Waals surface area contributed by atoms with Crippen LogP contribution in [0.1, 0.15) is 11.1 Å². The van der Waals surface area contributed by atoms with Gasteiger partial charge in [0.1, 0.15) is 0 Å². The van der Waals surface area contributed by atoms with Gasteiger partial charge < -0.3 is 5.32 Å². The van der Waals surface area contributed by atoms with Crippen molar-refractivity contribution in [2.75, 3.05) is 11.9 Å². The topological polar surface area (TPSA) is 12.0 Å². The van der Waals surface area contributed by atoms with Crippen molar-refractivity contribution in [3.63, 3.8) is 0 Å². The molecule has 88 valence electrons. The lowest BCUT2D eigenvalue weighted by Crippen LogP contribution is -2.04. The molecule has 0 unspecified atom stereocenters. The highest BCUT2D eigenvalue weighted by molar-refractivity contribution is 9.10. The zero-order valence-electron chi connectivity index (χ0n) is 9.91. The van der Waals surface area contributed by atoms with Gasteiger partial charge in [-0.15, -0.1) is 0 Å². The Morgan fingerprint density at radius 1 is 1.06 bits per heavy atom. The van der Waals surface area contributed by atoms with Gasteiger partial charge in [-0.05, 0) is 48.7 Å². The predicted octanol–water partition coefficient (Wildman–Crippen LogP) is 4.41. The second-order valence-corrected chi connectivity index (χ2v) is 5.09. The molecule has 2 aromatic carbocycles. The van der Waals surface area contributed by atoms with E-state index in [2.05, 4.69) is 76.7 Å². The van der Waals surface area contributed by atoms with Gasteiger partial charge in [0, 0.05) is 16.7 Å². The van der Waals surface area contributed by atoms with Gasteiger partial charge >= 0.3 is 0 Å². The van der Waals surface area contributed by atoms with Gasteiger partial charge in [0.15, 0.2) is 0 Å². The molecule has 1 N–H and O–H groups in total. The third kappa shape index (κ3) is 3.90. The fourth-order valence-corrected chi connectivity index (χ4v) is 2.02. The molecule has 0 spiro atoms. The van der Waals surface area contributed by atoms with E-state index in [9.17, 15) is 0 Å². The number of hydrogen-bond donors (Lipinski definition) is 1. The molecule has 0 radical (unpaired) electrons. The Morgan fingerprint density at radius 2 is 1.82 bits per heavy atom. The Bertz CT molecular complexity index is 477. The summed E-state index contributed by atoms with van der Waals surface area (Å²) in [5.74, 6) is 0.